The van der Waals surface area contributed by atoms with Crippen molar-refractivity contribution >= 4 is 17.5 Å². The molecule has 0 fully saturated rings. The van der Waals surface area contributed by atoms with Crippen LogP contribution >= 0.6 is 11.6 Å². The van der Waals surface area contributed by atoms with E-state index in [-0.39, 0.29) is 5.91 Å². The van der Waals surface area contributed by atoms with E-state index in [2.05, 4.69) is 5.32 Å². The first-order chi connectivity index (χ1) is 11.6. The second-order valence-corrected chi connectivity index (χ2v) is 5.89. The molecule has 4 nitrogen and oxygen atoms in total. The van der Waals surface area contributed by atoms with E-state index in [0.29, 0.717) is 12.3 Å². The quantitative estimate of drug-likeness (QED) is 0.737. The number of nitrogens with one attached hydrogen (secondary N) is 1. The number of hydrogen-bond acceptors (Lipinski definition) is 3. The maximum Gasteiger partial charge on any atom is 0.260 e. The smallest absolute Gasteiger partial charge is 0.260 e. The molecule has 5 heteroatoms. The first-order valence-electron chi connectivity index (χ1n) is 7.91. The Balaban J connectivity index is 1.70. The van der Waals surface area contributed by atoms with Crippen LogP contribution < -0.4 is 14.8 Å². The Labute approximate surface area is 147 Å². The molecule has 0 aliphatic rings. The molecule has 0 aromatic heterocycles. The van der Waals surface area contributed by atoms with Crippen LogP contribution in [0.3, 0.4) is 0 Å². The zero-order valence-corrected chi connectivity index (χ0v) is 14.7. The number of methoxy groups -OCH3 is 1. The number of halogens is 1. The van der Waals surface area contributed by atoms with Gasteiger partial charge in [-0.2, -0.15) is 0 Å². The second kappa shape index (κ2) is 9.18. The van der Waals surface area contributed by atoms with Gasteiger partial charge in [-0.1, -0.05) is 23.7 Å². The third-order valence-electron chi connectivity index (χ3n) is 3.60. The fourth-order valence-electron chi connectivity index (χ4n) is 2.21. The van der Waals surface area contributed by atoms with E-state index in [1.807, 2.05) is 24.3 Å². The van der Waals surface area contributed by atoms with Crippen molar-refractivity contribution in [1.29, 1.82) is 0 Å². The summed E-state index contributed by atoms with van der Waals surface area (Å²) in [5.74, 6) is 1.27. The van der Waals surface area contributed by atoms with Gasteiger partial charge in [0.2, 0.25) is 0 Å². The van der Waals surface area contributed by atoms with Gasteiger partial charge in [-0.3, -0.25) is 4.79 Å². The summed E-state index contributed by atoms with van der Waals surface area (Å²) in [5, 5.41) is 3.63. The number of hydrogen-bond donors (Lipinski definition) is 1. The highest BCUT2D eigenvalue weighted by atomic mass is 35.5. The van der Waals surface area contributed by atoms with Gasteiger partial charge in [-0.25, -0.2) is 0 Å². The maximum absolute atomic E-state index is 12.0. The molecule has 0 heterocycles. The molecule has 0 spiro atoms. The number of amides is 1. The second-order valence-electron chi connectivity index (χ2n) is 5.46. The molecule has 2 rings (SSSR count). The molecule has 1 unspecified atom stereocenters. The maximum atomic E-state index is 12.0. The summed E-state index contributed by atoms with van der Waals surface area (Å²) in [7, 11) is 1.61. The van der Waals surface area contributed by atoms with Crippen molar-refractivity contribution in [1.82, 2.24) is 5.32 Å². The van der Waals surface area contributed by atoms with Crippen molar-refractivity contribution < 1.29 is 14.3 Å². The largest absolute Gasteiger partial charge is 0.497 e. The van der Waals surface area contributed by atoms with Crippen LogP contribution in [0.4, 0.5) is 0 Å². The Morgan fingerprint density at radius 3 is 2.33 bits per heavy atom. The van der Waals surface area contributed by atoms with Crippen molar-refractivity contribution in [3.63, 3.8) is 0 Å². The van der Waals surface area contributed by atoms with Crippen LogP contribution in [0.25, 0.3) is 0 Å². The third-order valence-corrected chi connectivity index (χ3v) is 3.85. The fourth-order valence-corrected chi connectivity index (χ4v) is 2.34. The molecular formula is C19H22ClNO3. The van der Waals surface area contributed by atoms with Crippen molar-refractivity contribution in [3.8, 4) is 11.5 Å². The summed E-state index contributed by atoms with van der Waals surface area (Å²) >= 11 is 5.85. The topological polar surface area (TPSA) is 47.6 Å². The number of carbonyl (C=O) groups excluding carboxylic acids is 1. The molecule has 128 valence electrons. The Bertz CT molecular complexity index is 641. The van der Waals surface area contributed by atoms with Crippen molar-refractivity contribution in [2.45, 2.75) is 25.9 Å². The summed E-state index contributed by atoms with van der Waals surface area (Å²) < 4.78 is 10.7. The van der Waals surface area contributed by atoms with Crippen molar-refractivity contribution in [2.24, 2.45) is 0 Å². The monoisotopic (exact) mass is 347 g/mol. The Morgan fingerprint density at radius 2 is 1.71 bits per heavy atom. The van der Waals surface area contributed by atoms with E-state index in [4.69, 9.17) is 21.1 Å². The molecule has 0 bridgehead atoms. The predicted molar refractivity (Wildman–Crippen MR) is 95.9 cm³/mol. The molecule has 1 amide bonds. The predicted octanol–water partition coefficient (Wildman–Crippen LogP) is 3.86. The van der Waals surface area contributed by atoms with Gasteiger partial charge in [-0.15, -0.1) is 0 Å². The normalized spacial score (nSPS) is 11.6. The summed E-state index contributed by atoms with van der Waals surface area (Å²) in [5.41, 5.74) is 1.20. The highest BCUT2D eigenvalue weighted by molar-refractivity contribution is 6.30. The first-order valence-corrected chi connectivity index (χ1v) is 8.29. The van der Waals surface area contributed by atoms with Gasteiger partial charge in [0.15, 0.2) is 6.10 Å². The lowest BCUT2D eigenvalue weighted by atomic mass is 10.1. The number of carbonyl (C=O) groups is 1. The van der Waals surface area contributed by atoms with Crippen LogP contribution in [0.5, 0.6) is 11.5 Å². The van der Waals surface area contributed by atoms with Crippen LogP contribution in [0.2, 0.25) is 5.02 Å². The lowest BCUT2D eigenvalue weighted by Crippen LogP contribution is -2.36. The Kier molecular flexibility index (Phi) is 6.94. The minimum atomic E-state index is -0.547. The van der Waals surface area contributed by atoms with Crippen LogP contribution in [-0.4, -0.2) is 25.7 Å². The third kappa shape index (κ3) is 5.78. The van der Waals surface area contributed by atoms with Gasteiger partial charge >= 0.3 is 0 Å². The highest BCUT2D eigenvalue weighted by Crippen LogP contribution is 2.18. The first kappa shape index (κ1) is 18.1. The van der Waals surface area contributed by atoms with Crippen molar-refractivity contribution in [3.05, 3.63) is 59.1 Å². The summed E-state index contributed by atoms with van der Waals surface area (Å²) in [6, 6.07) is 14.9. The molecule has 0 aliphatic heterocycles. The van der Waals surface area contributed by atoms with Gasteiger partial charge in [0.05, 0.1) is 7.11 Å². The Hall–Kier alpha value is -2.20. The molecule has 2 aromatic rings. The lowest BCUT2D eigenvalue weighted by molar-refractivity contribution is -0.127. The molecule has 24 heavy (non-hydrogen) atoms. The van der Waals surface area contributed by atoms with E-state index < -0.39 is 6.10 Å². The molecule has 1 N–H and O–H groups in total. The van der Waals surface area contributed by atoms with Gasteiger partial charge < -0.3 is 14.8 Å². The minimum absolute atomic E-state index is 0.123. The fraction of sp³-hybridized carbons (Fsp3) is 0.316. The Morgan fingerprint density at radius 1 is 1.08 bits per heavy atom. The van der Waals surface area contributed by atoms with Crippen LogP contribution in [0, 0.1) is 0 Å². The van der Waals surface area contributed by atoms with E-state index in [1.54, 1.807) is 38.3 Å². The molecule has 0 saturated carbocycles. The average molecular weight is 348 g/mol. The molecule has 0 aliphatic carbocycles. The van der Waals surface area contributed by atoms with E-state index in [0.717, 1.165) is 23.6 Å². The summed E-state index contributed by atoms with van der Waals surface area (Å²) in [6.45, 7) is 2.34. The zero-order valence-electron chi connectivity index (χ0n) is 13.9. The van der Waals surface area contributed by atoms with Crippen LogP contribution in [-0.2, 0) is 11.2 Å². The molecule has 2 aromatic carbocycles. The molecular weight excluding hydrogens is 326 g/mol. The van der Waals surface area contributed by atoms with Crippen LogP contribution in [0.15, 0.2) is 48.5 Å². The number of rotatable bonds is 8. The van der Waals surface area contributed by atoms with E-state index in [9.17, 15) is 4.79 Å². The lowest BCUT2D eigenvalue weighted by Gasteiger charge is -2.15. The van der Waals surface area contributed by atoms with E-state index >= 15 is 0 Å². The number of aryl methyl sites for hydroxylation is 1. The van der Waals surface area contributed by atoms with Gasteiger partial charge in [-0.05, 0) is 61.7 Å². The van der Waals surface area contributed by atoms with E-state index in [1.165, 1.54) is 5.56 Å². The van der Waals surface area contributed by atoms with Gasteiger partial charge in [0.25, 0.3) is 5.91 Å². The van der Waals surface area contributed by atoms with Crippen LogP contribution in [0.1, 0.15) is 18.9 Å². The zero-order chi connectivity index (χ0) is 17.4. The summed E-state index contributed by atoms with van der Waals surface area (Å²) in [6.07, 6.45) is 1.21. The number of benzene rings is 2. The number of ether oxygens (including phenoxy) is 2. The molecule has 1 atom stereocenters. The van der Waals surface area contributed by atoms with Gasteiger partial charge in [0, 0.05) is 11.6 Å². The average Bonchev–Trinajstić information content (AvgIpc) is 2.60. The SMILES string of the molecule is COc1ccc(OC(C)C(=O)NCCCc2ccc(Cl)cc2)cc1. The standard InChI is InChI=1S/C19H22ClNO3/c1-14(24-18-11-9-17(23-2)10-12-18)19(22)21-13-3-4-15-5-7-16(20)8-6-15/h5-12,14H,3-4,13H2,1-2H3,(H,21,22). The summed E-state index contributed by atoms with van der Waals surface area (Å²) in [4.78, 5) is 12.0. The highest BCUT2D eigenvalue weighted by Gasteiger charge is 2.13. The van der Waals surface area contributed by atoms with Crippen molar-refractivity contribution in [2.75, 3.05) is 13.7 Å². The minimum Gasteiger partial charge on any atom is -0.497 e. The van der Waals surface area contributed by atoms with Gasteiger partial charge in [0.1, 0.15) is 11.5 Å². The molecule has 0 radical (unpaired) electrons. The molecule has 0 saturated heterocycles.